The summed E-state index contributed by atoms with van der Waals surface area (Å²) in [5.41, 5.74) is 1.73. The Kier molecular flexibility index (Phi) is 6.76. The third-order valence-electron chi connectivity index (χ3n) is 5.47. The van der Waals surface area contributed by atoms with E-state index in [1.165, 1.54) is 24.3 Å². The van der Waals surface area contributed by atoms with E-state index in [2.05, 4.69) is 25.5 Å². The number of tetrazole rings is 1. The number of H-pyrrole nitrogens is 1. The minimum Gasteiger partial charge on any atom is -0.365 e. The molecule has 0 aliphatic carbocycles. The molecule has 0 atom stereocenters. The zero-order chi connectivity index (χ0) is 20.8. The summed E-state index contributed by atoms with van der Waals surface area (Å²) in [4.78, 5) is 2.42. The molecule has 0 bridgehead atoms. The topological polar surface area (TPSA) is 66.9 Å². The predicted octanol–water partition coefficient (Wildman–Crippen LogP) is 3.68. The summed E-state index contributed by atoms with van der Waals surface area (Å²) in [6.45, 7) is 2.90. The van der Waals surface area contributed by atoms with E-state index < -0.39 is 0 Å². The SMILES string of the molecule is Fc1ccc(C(OC2CCN(CCCc3nn[nH]n3)CC2)c2ccc(F)cc2)cc1. The maximum absolute atomic E-state index is 13.4. The van der Waals surface area contributed by atoms with Crippen molar-refractivity contribution in [3.63, 3.8) is 0 Å². The van der Waals surface area contributed by atoms with Crippen LogP contribution >= 0.6 is 0 Å². The molecule has 30 heavy (non-hydrogen) atoms. The number of halogens is 2. The molecule has 6 nitrogen and oxygen atoms in total. The van der Waals surface area contributed by atoms with Crippen LogP contribution in [0.25, 0.3) is 0 Å². The molecule has 0 spiro atoms. The van der Waals surface area contributed by atoms with Crippen molar-refractivity contribution in [1.29, 1.82) is 0 Å². The van der Waals surface area contributed by atoms with Gasteiger partial charge in [-0.25, -0.2) is 8.78 Å². The van der Waals surface area contributed by atoms with Crippen molar-refractivity contribution in [3.05, 3.63) is 77.1 Å². The van der Waals surface area contributed by atoms with Crippen LogP contribution in [-0.4, -0.2) is 51.3 Å². The third kappa shape index (κ3) is 5.46. The Hall–Kier alpha value is -2.71. The molecule has 1 fully saturated rings. The average Bonchev–Trinajstić information content (AvgIpc) is 3.28. The first kappa shape index (κ1) is 20.6. The summed E-state index contributed by atoms with van der Waals surface area (Å²) < 4.78 is 33.2. The fraction of sp³-hybridized carbons (Fsp3) is 0.409. The van der Waals surface area contributed by atoms with Gasteiger partial charge in [-0.15, -0.1) is 10.2 Å². The second-order valence-corrected chi connectivity index (χ2v) is 7.59. The van der Waals surface area contributed by atoms with Crippen molar-refractivity contribution in [3.8, 4) is 0 Å². The lowest BCUT2D eigenvalue weighted by Gasteiger charge is -2.34. The van der Waals surface area contributed by atoms with Crippen LogP contribution in [0, 0.1) is 11.6 Å². The van der Waals surface area contributed by atoms with Gasteiger partial charge in [0.1, 0.15) is 17.7 Å². The number of nitrogens with zero attached hydrogens (tertiary/aromatic N) is 4. The van der Waals surface area contributed by atoms with Crippen molar-refractivity contribution >= 4 is 0 Å². The molecule has 158 valence electrons. The molecular weight excluding hydrogens is 388 g/mol. The van der Waals surface area contributed by atoms with Gasteiger partial charge in [0.25, 0.3) is 0 Å². The molecule has 0 amide bonds. The summed E-state index contributed by atoms with van der Waals surface area (Å²) in [5, 5.41) is 14.0. The molecule has 1 aromatic heterocycles. The maximum Gasteiger partial charge on any atom is 0.174 e. The number of hydrogen-bond donors (Lipinski definition) is 1. The monoisotopic (exact) mass is 413 g/mol. The van der Waals surface area contributed by atoms with Gasteiger partial charge in [-0.3, -0.25) is 0 Å². The van der Waals surface area contributed by atoms with Crippen LogP contribution in [0.2, 0.25) is 0 Å². The minimum absolute atomic E-state index is 0.0959. The molecule has 1 saturated heterocycles. The zero-order valence-corrected chi connectivity index (χ0v) is 16.7. The van der Waals surface area contributed by atoms with Crippen molar-refractivity contribution in [2.75, 3.05) is 19.6 Å². The minimum atomic E-state index is -0.346. The lowest BCUT2D eigenvalue weighted by Crippen LogP contribution is -2.38. The van der Waals surface area contributed by atoms with Crippen LogP contribution < -0.4 is 0 Å². The van der Waals surface area contributed by atoms with Crippen LogP contribution in [0.1, 0.15) is 42.3 Å². The van der Waals surface area contributed by atoms with E-state index in [0.717, 1.165) is 62.3 Å². The number of rotatable bonds is 8. The van der Waals surface area contributed by atoms with Gasteiger partial charge in [-0.05, 0) is 61.2 Å². The van der Waals surface area contributed by atoms with Crippen molar-refractivity contribution in [2.24, 2.45) is 0 Å². The Morgan fingerprint density at radius 3 is 2.10 bits per heavy atom. The third-order valence-corrected chi connectivity index (χ3v) is 5.47. The number of aryl methyl sites for hydroxylation is 1. The summed E-state index contributed by atoms with van der Waals surface area (Å²) in [7, 11) is 0. The normalized spacial score (nSPS) is 15.7. The van der Waals surface area contributed by atoms with E-state index in [0.29, 0.717) is 0 Å². The fourth-order valence-electron chi connectivity index (χ4n) is 3.84. The van der Waals surface area contributed by atoms with Gasteiger partial charge < -0.3 is 9.64 Å². The molecule has 1 N–H and O–H groups in total. The Balaban J connectivity index is 1.34. The van der Waals surface area contributed by atoms with Gasteiger partial charge in [-0.2, -0.15) is 5.21 Å². The Morgan fingerprint density at radius 1 is 0.967 bits per heavy atom. The van der Waals surface area contributed by atoms with Gasteiger partial charge in [0.2, 0.25) is 0 Å². The highest BCUT2D eigenvalue weighted by Crippen LogP contribution is 2.30. The number of benzene rings is 2. The van der Waals surface area contributed by atoms with Crippen molar-refractivity contribution in [1.82, 2.24) is 25.5 Å². The van der Waals surface area contributed by atoms with E-state index >= 15 is 0 Å². The maximum atomic E-state index is 13.4. The Morgan fingerprint density at radius 2 is 1.57 bits per heavy atom. The van der Waals surface area contributed by atoms with Crippen LogP contribution in [-0.2, 0) is 11.2 Å². The van der Waals surface area contributed by atoms with Gasteiger partial charge in [0, 0.05) is 19.5 Å². The number of likely N-dealkylation sites (tertiary alicyclic amines) is 1. The molecule has 1 aliphatic heterocycles. The largest absolute Gasteiger partial charge is 0.365 e. The molecular formula is C22H25F2N5O. The van der Waals surface area contributed by atoms with Gasteiger partial charge in [0.05, 0.1) is 6.10 Å². The molecule has 1 aliphatic rings. The van der Waals surface area contributed by atoms with Crippen molar-refractivity contribution in [2.45, 2.75) is 37.9 Å². The Bertz CT molecular complexity index is 849. The number of ether oxygens (including phenoxy) is 1. The highest BCUT2D eigenvalue weighted by Gasteiger charge is 2.25. The first-order valence-corrected chi connectivity index (χ1v) is 10.3. The van der Waals surface area contributed by atoms with E-state index in [1.807, 2.05) is 0 Å². The molecule has 0 unspecified atom stereocenters. The fourth-order valence-corrected chi connectivity index (χ4v) is 3.84. The second kappa shape index (κ2) is 9.86. The first-order valence-electron chi connectivity index (χ1n) is 10.3. The molecule has 4 rings (SSSR count). The molecule has 2 aromatic carbocycles. The number of aromatic amines is 1. The van der Waals surface area contributed by atoms with E-state index in [4.69, 9.17) is 4.74 Å². The van der Waals surface area contributed by atoms with E-state index in [-0.39, 0.29) is 23.8 Å². The van der Waals surface area contributed by atoms with Crippen molar-refractivity contribution < 1.29 is 13.5 Å². The first-order chi connectivity index (χ1) is 14.7. The number of hydrogen-bond acceptors (Lipinski definition) is 5. The molecule has 0 radical (unpaired) electrons. The number of aromatic nitrogens is 4. The average molecular weight is 413 g/mol. The van der Waals surface area contributed by atoms with Crippen LogP contribution in [0.3, 0.4) is 0 Å². The summed E-state index contributed by atoms with van der Waals surface area (Å²) in [6.07, 6.45) is 3.38. The number of nitrogens with one attached hydrogen (secondary N) is 1. The smallest absolute Gasteiger partial charge is 0.174 e. The molecule has 0 saturated carbocycles. The van der Waals surface area contributed by atoms with E-state index in [9.17, 15) is 8.78 Å². The zero-order valence-electron chi connectivity index (χ0n) is 16.7. The summed E-state index contributed by atoms with van der Waals surface area (Å²) in [5.74, 6) is 0.172. The quantitative estimate of drug-likeness (QED) is 0.610. The lowest BCUT2D eigenvalue weighted by molar-refractivity contribution is -0.0270. The second-order valence-electron chi connectivity index (χ2n) is 7.59. The van der Waals surface area contributed by atoms with Crippen LogP contribution in [0.4, 0.5) is 8.78 Å². The summed E-state index contributed by atoms with van der Waals surface area (Å²) in [6, 6.07) is 12.7. The van der Waals surface area contributed by atoms with E-state index in [1.54, 1.807) is 24.3 Å². The number of piperidine rings is 1. The van der Waals surface area contributed by atoms with Crippen LogP contribution in [0.5, 0.6) is 0 Å². The molecule has 2 heterocycles. The van der Waals surface area contributed by atoms with Crippen LogP contribution in [0.15, 0.2) is 48.5 Å². The summed E-state index contributed by atoms with van der Waals surface area (Å²) >= 11 is 0. The highest BCUT2D eigenvalue weighted by molar-refractivity contribution is 5.30. The Labute approximate surface area is 174 Å². The van der Waals surface area contributed by atoms with Gasteiger partial charge >= 0.3 is 0 Å². The standard InChI is InChI=1S/C22H25F2N5O/c23-18-7-3-16(4-8-18)22(17-5-9-19(24)10-6-17)30-20-11-14-29(15-12-20)13-1-2-21-25-27-28-26-21/h3-10,20,22H,1-2,11-15H2,(H,25,26,27,28). The predicted molar refractivity (Wildman–Crippen MR) is 108 cm³/mol. The highest BCUT2D eigenvalue weighted by atomic mass is 19.1. The molecule has 3 aromatic rings. The molecule has 8 heteroatoms. The lowest BCUT2D eigenvalue weighted by atomic mass is 10.00. The van der Waals surface area contributed by atoms with Gasteiger partial charge in [0.15, 0.2) is 5.82 Å². The van der Waals surface area contributed by atoms with Gasteiger partial charge in [-0.1, -0.05) is 29.5 Å².